The first-order valence-corrected chi connectivity index (χ1v) is 29.2. The first-order valence-electron chi connectivity index (χ1n) is 27.7. The Morgan fingerprint density at radius 2 is 1.00 bits per heavy atom. The lowest BCUT2D eigenvalue weighted by molar-refractivity contribution is -0.870. The van der Waals surface area contributed by atoms with Crippen LogP contribution in [0.5, 0.6) is 0 Å². The largest absolute Gasteiger partial charge is 0.472 e. The number of nitrogens with one attached hydrogen (secondary N) is 1. The van der Waals surface area contributed by atoms with Crippen LogP contribution in [0.2, 0.25) is 0 Å². The maximum Gasteiger partial charge on any atom is 0.472 e. The van der Waals surface area contributed by atoms with E-state index in [9.17, 15) is 19.0 Å². The molecule has 0 bridgehead atoms. The molecule has 0 aliphatic carbocycles. The highest BCUT2D eigenvalue weighted by molar-refractivity contribution is 7.47. The lowest BCUT2D eigenvalue weighted by Gasteiger charge is -2.27. The number of allylic oxidation sites excluding steroid dienone is 17. The number of quaternary nitrogens is 1. The molecule has 3 unspecified atom stereocenters. The Hall–Kier alpha value is -3.33. The van der Waals surface area contributed by atoms with Crippen LogP contribution < -0.4 is 5.32 Å². The van der Waals surface area contributed by atoms with Gasteiger partial charge in [0.15, 0.2) is 0 Å². The van der Waals surface area contributed by atoms with Crippen LogP contribution in [0.25, 0.3) is 0 Å². The summed E-state index contributed by atoms with van der Waals surface area (Å²) in [6, 6.07) is -0.883. The Bertz CT molecular complexity index is 1570. The van der Waals surface area contributed by atoms with Crippen molar-refractivity contribution in [2.24, 2.45) is 0 Å². The van der Waals surface area contributed by atoms with E-state index >= 15 is 0 Å². The van der Waals surface area contributed by atoms with Crippen molar-refractivity contribution in [2.45, 2.75) is 219 Å². The lowest BCUT2D eigenvalue weighted by Crippen LogP contribution is -2.47. The number of amides is 1. The molecule has 0 aromatic rings. The Morgan fingerprint density at radius 1 is 0.529 bits per heavy atom. The number of carbonyl (C=O) groups is 2. The van der Waals surface area contributed by atoms with Crippen LogP contribution in [0.3, 0.4) is 0 Å². The van der Waals surface area contributed by atoms with Gasteiger partial charge in [0.1, 0.15) is 19.3 Å². The summed E-state index contributed by atoms with van der Waals surface area (Å²) >= 11 is 0. The minimum atomic E-state index is -4.47. The fourth-order valence-corrected chi connectivity index (χ4v) is 8.00. The Balaban J connectivity index is 5.50. The Labute approximate surface area is 430 Å². The first kappa shape index (κ1) is 66.7. The van der Waals surface area contributed by atoms with E-state index in [4.69, 9.17) is 13.8 Å². The second-order valence-electron chi connectivity index (χ2n) is 19.4. The standard InChI is InChI=1S/C60H103N2O7P/c1-7-10-13-16-19-22-25-28-30-31-33-35-38-41-44-47-50-53-60(64)69-58(51-48-45-42-39-36-27-24-21-18-15-12-9-3)57(56-68-70(65,66)67-55-54-62(4,5)6)61-59(63)52-49-46-43-40-37-34-32-29-26-23-20-17-14-11-8-2/h10-11,13-14,17,19-20,22-23,26,28,30,33,35,41,44,48,51,57-58H,7-9,12,15-16,18,21,24-25,27,29,31-32,34,36-40,42-43,45-47,49-50,52-56H2,1-6H3,(H-,61,63,65,66)/p+1/b13-10-,14-11+,20-17+,22-19-,26-23+,30-28-,35-33-,44-41-,51-48+. The third-order valence-corrected chi connectivity index (χ3v) is 12.5. The highest BCUT2D eigenvalue weighted by Crippen LogP contribution is 2.43. The van der Waals surface area contributed by atoms with Gasteiger partial charge < -0.3 is 19.4 Å². The smallest absolute Gasteiger partial charge is 0.456 e. The number of ether oxygens (including phenoxy) is 1. The summed E-state index contributed by atoms with van der Waals surface area (Å²) in [6.45, 7) is 6.69. The Morgan fingerprint density at radius 3 is 1.54 bits per heavy atom. The summed E-state index contributed by atoms with van der Waals surface area (Å²) in [5.74, 6) is -0.597. The normalized spacial score (nSPS) is 14.7. The average Bonchev–Trinajstić information content (AvgIpc) is 3.32. The highest BCUT2D eigenvalue weighted by Gasteiger charge is 2.30. The van der Waals surface area contributed by atoms with Gasteiger partial charge in [-0.15, -0.1) is 0 Å². The summed E-state index contributed by atoms with van der Waals surface area (Å²) in [5.41, 5.74) is 0. The van der Waals surface area contributed by atoms with Crippen molar-refractivity contribution in [1.29, 1.82) is 0 Å². The maximum absolute atomic E-state index is 13.5. The van der Waals surface area contributed by atoms with E-state index in [2.05, 4.69) is 123 Å². The van der Waals surface area contributed by atoms with E-state index in [-0.39, 0.29) is 31.5 Å². The van der Waals surface area contributed by atoms with Crippen LogP contribution >= 0.6 is 7.82 Å². The highest BCUT2D eigenvalue weighted by atomic mass is 31.2. The van der Waals surface area contributed by atoms with Gasteiger partial charge in [0, 0.05) is 12.8 Å². The minimum absolute atomic E-state index is 0.0230. The molecule has 2 N–H and O–H groups in total. The first-order chi connectivity index (χ1) is 33.9. The van der Waals surface area contributed by atoms with Crippen molar-refractivity contribution in [3.8, 4) is 0 Å². The van der Waals surface area contributed by atoms with E-state index in [1.807, 2.05) is 33.3 Å². The zero-order valence-corrected chi connectivity index (χ0v) is 46.4. The summed E-state index contributed by atoms with van der Waals surface area (Å²) in [7, 11) is 1.44. The minimum Gasteiger partial charge on any atom is -0.456 e. The van der Waals surface area contributed by atoms with Gasteiger partial charge >= 0.3 is 13.8 Å². The van der Waals surface area contributed by atoms with Gasteiger partial charge in [-0.1, -0.05) is 214 Å². The monoisotopic (exact) mass is 996 g/mol. The van der Waals surface area contributed by atoms with Crippen LogP contribution in [0.4, 0.5) is 0 Å². The summed E-state index contributed by atoms with van der Waals surface area (Å²) < 4.78 is 30.5. The molecule has 0 saturated carbocycles. The van der Waals surface area contributed by atoms with Gasteiger partial charge in [-0.25, -0.2) is 4.57 Å². The third-order valence-electron chi connectivity index (χ3n) is 11.5. The molecule has 0 saturated heterocycles. The van der Waals surface area contributed by atoms with Crippen LogP contribution in [0, 0.1) is 0 Å². The van der Waals surface area contributed by atoms with Gasteiger partial charge in [-0.2, -0.15) is 0 Å². The molecule has 3 atom stereocenters. The van der Waals surface area contributed by atoms with Crippen LogP contribution in [-0.4, -0.2) is 74.3 Å². The number of unbranched alkanes of at least 4 members (excludes halogenated alkanes) is 18. The zero-order chi connectivity index (χ0) is 51.5. The van der Waals surface area contributed by atoms with E-state index < -0.39 is 20.0 Å². The number of hydrogen-bond acceptors (Lipinski definition) is 6. The fourth-order valence-electron chi connectivity index (χ4n) is 7.27. The van der Waals surface area contributed by atoms with Gasteiger partial charge in [-0.05, 0) is 89.5 Å². The van der Waals surface area contributed by atoms with Crippen molar-refractivity contribution < 1.29 is 37.3 Å². The van der Waals surface area contributed by atoms with E-state index in [1.54, 1.807) is 0 Å². The topological polar surface area (TPSA) is 111 Å². The second-order valence-corrected chi connectivity index (χ2v) is 20.9. The van der Waals surface area contributed by atoms with E-state index in [0.29, 0.717) is 23.9 Å². The molecule has 0 aromatic carbocycles. The van der Waals surface area contributed by atoms with Crippen LogP contribution in [0.15, 0.2) is 109 Å². The predicted octanol–water partition coefficient (Wildman–Crippen LogP) is 16.6. The molecule has 70 heavy (non-hydrogen) atoms. The Kier molecular flexibility index (Phi) is 46.9. The molecule has 0 spiro atoms. The molecule has 0 heterocycles. The van der Waals surface area contributed by atoms with Gasteiger partial charge in [0.2, 0.25) is 5.91 Å². The number of phosphoric ester groups is 1. The molecule has 9 nitrogen and oxygen atoms in total. The molecular formula is C60H104N2O7P+. The zero-order valence-electron chi connectivity index (χ0n) is 45.5. The summed E-state index contributed by atoms with van der Waals surface area (Å²) in [4.78, 5) is 37.5. The lowest BCUT2D eigenvalue weighted by atomic mass is 10.0. The number of hydrogen-bond donors (Lipinski definition) is 2. The molecule has 0 aliphatic heterocycles. The summed E-state index contributed by atoms with van der Waals surface area (Å²) in [5, 5.41) is 3.02. The van der Waals surface area contributed by atoms with Gasteiger partial charge in [0.25, 0.3) is 0 Å². The number of phosphoric acid groups is 1. The van der Waals surface area contributed by atoms with Crippen molar-refractivity contribution >= 4 is 19.7 Å². The van der Waals surface area contributed by atoms with Crippen LogP contribution in [-0.2, 0) is 27.9 Å². The van der Waals surface area contributed by atoms with E-state index in [1.165, 1.54) is 70.6 Å². The van der Waals surface area contributed by atoms with Crippen molar-refractivity contribution in [1.82, 2.24) is 5.32 Å². The molecule has 0 aromatic heterocycles. The molecule has 0 rings (SSSR count). The van der Waals surface area contributed by atoms with Gasteiger partial charge in [0.05, 0.1) is 33.8 Å². The number of nitrogens with zero attached hydrogens (tertiary/aromatic N) is 1. The molecule has 0 fully saturated rings. The molecular weight excluding hydrogens is 892 g/mol. The van der Waals surface area contributed by atoms with Gasteiger partial charge in [-0.3, -0.25) is 18.6 Å². The number of rotatable bonds is 48. The number of likely N-dealkylation sites (N-methyl/N-ethyl adjacent to an activating group) is 1. The number of carbonyl (C=O) groups excluding carboxylic acids is 2. The maximum atomic E-state index is 13.5. The van der Waals surface area contributed by atoms with Crippen molar-refractivity contribution in [3.63, 3.8) is 0 Å². The predicted molar refractivity (Wildman–Crippen MR) is 300 cm³/mol. The molecule has 10 heteroatoms. The van der Waals surface area contributed by atoms with Crippen molar-refractivity contribution in [2.75, 3.05) is 40.9 Å². The average molecular weight is 996 g/mol. The SMILES string of the molecule is CC/C=C\C/C=C\C/C=C\C/C=C\C/C=C\CCCC(=O)OC(/C=C/CCCCCCCCCCCC)C(COP(=O)(O)OCC[N+](C)(C)C)NC(=O)CCCCCCCCC/C=C/C=C/C=C/CC. The quantitative estimate of drug-likeness (QED) is 0.0156. The van der Waals surface area contributed by atoms with E-state index in [0.717, 1.165) is 96.3 Å². The van der Waals surface area contributed by atoms with Crippen LogP contribution in [0.1, 0.15) is 207 Å². The molecule has 0 aliphatic rings. The molecule has 1 amide bonds. The fraction of sp³-hybridized carbons (Fsp3) is 0.667. The van der Waals surface area contributed by atoms with Crippen molar-refractivity contribution in [3.05, 3.63) is 109 Å². The molecule has 400 valence electrons. The molecule has 0 radical (unpaired) electrons. The second kappa shape index (κ2) is 49.3. The third kappa shape index (κ3) is 49.6. The number of esters is 1. The summed E-state index contributed by atoms with van der Waals surface area (Å²) in [6.07, 6.45) is 66.6.